The van der Waals surface area contributed by atoms with Crippen molar-refractivity contribution in [3.63, 3.8) is 0 Å². The van der Waals surface area contributed by atoms with Gasteiger partial charge in [-0.2, -0.15) is 0 Å². The zero-order valence-corrected chi connectivity index (χ0v) is 15.6. The second kappa shape index (κ2) is 8.16. The lowest BCUT2D eigenvalue weighted by Gasteiger charge is -2.15. The van der Waals surface area contributed by atoms with Crippen LogP contribution in [0.5, 0.6) is 0 Å². The normalized spacial score (nSPS) is 10.9. The topological polar surface area (TPSA) is 66.7 Å². The quantitative estimate of drug-likeness (QED) is 0.702. The van der Waals surface area contributed by atoms with Crippen molar-refractivity contribution in [1.29, 1.82) is 0 Å². The first kappa shape index (κ1) is 19.5. The van der Waals surface area contributed by atoms with Crippen molar-refractivity contribution in [1.82, 2.24) is 14.3 Å². The van der Waals surface area contributed by atoms with Gasteiger partial charge in [-0.25, -0.2) is 13.8 Å². The van der Waals surface area contributed by atoms with Gasteiger partial charge in [-0.15, -0.1) is 0 Å². The second-order valence-electron chi connectivity index (χ2n) is 6.37. The number of carbonyl (C=O) groups excluding carboxylic acids is 2. The molecule has 0 saturated carbocycles. The van der Waals surface area contributed by atoms with Crippen molar-refractivity contribution in [2.75, 3.05) is 18.9 Å². The fourth-order valence-electron chi connectivity index (χ4n) is 2.81. The van der Waals surface area contributed by atoms with E-state index in [0.29, 0.717) is 12.1 Å². The van der Waals surface area contributed by atoms with E-state index in [-0.39, 0.29) is 17.4 Å². The molecule has 0 aliphatic rings. The van der Waals surface area contributed by atoms with Gasteiger partial charge in [-0.1, -0.05) is 25.5 Å². The number of benzene rings is 1. The smallest absolute Gasteiger partial charge is 0.289 e. The van der Waals surface area contributed by atoms with Gasteiger partial charge in [0.25, 0.3) is 11.8 Å². The Hall–Kier alpha value is -3.29. The van der Waals surface area contributed by atoms with Crippen LogP contribution in [0.2, 0.25) is 0 Å². The minimum atomic E-state index is -0.896. The predicted octanol–water partition coefficient (Wildman–Crippen LogP) is 3.74. The first-order chi connectivity index (χ1) is 13.4. The van der Waals surface area contributed by atoms with Crippen LogP contribution in [0.1, 0.15) is 40.9 Å². The average molecular weight is 386 g/mol. The number of carbonyl (C=O) groups is 2. The maximum absolute atomic E-state index is 13.9. The molecule has 8 heteroatoms. The molecule has 3 aromatic rings. The molecule has 0 spiro atoms. The Morgan fingerprint density at radius 1 is 1.14 bits per heavy atom. The third-order valence-electron chi connectivity index (χ3n) is 4.35. The van der Waals surface area contributed by atoms with Crippen LogP contribution in [0.3, 0.4) is 0 Å². The summed E-state index contributed by atoms with van der Waals surface area (Å²) in [4.78, 5) is 31.1. The molecular weight excluding hydrogens is 366 g/mol. The van der Waals surface area contributed by atoms with Gasteiger partial charge in [0.15, 0.2) is 5.69 Å². The number of nitrogens with zero attached hydrogens (tertiary/aromatic N) is 3. The fraction of sp³-hybridized carbons (Fsp3) is 0.250. The Kier molecular flexibility index (Phi) is 5.67. The van der Waals surface area contributed by atoms with Crippen molar-refractivity contribution < 1.29 is 18.4 Å². The molecule has 0 atom stereocenters. The Morgan fingerprint density at radius 3 is 2.54 bits per heavy atom. The number of hydrogen-bond donors (Lipinski definition) is 1. The maximum atomic E-state index is 13.9. The number of anilines is 1. The summed E-state index contributed by atoms with van der Waals surface area (Å²) in [5.41, 5.74) is -0.281. The molecule has 0 radical (unpaired) electrons. The van der Waals surface area contributed by atoms with Crippen molar-refractivity contribution >= 4 is 23.0 Å². The number of hydrogen-bond acceptors (Lipinski definition) is 3. The molecule has 3 rings (SSSR count). The van der Waals surface area contributed by atoms with E-state index in [1.165, 1.54) is 15.4 Å². The van der Waals surface area contributed by atoms with Crippen LogP contribution in [0.4, 0.5) is 14.5 Å². The van der Waals surface area contributed by atoms with Gasteiger partial charge >= 0.3 is 0 Å². The Labute approximate surface area is 160 Å². The third-order valence-corrected chi connectivity index (χ3v) is 4.35. The number of halogens is 2. The molecule has 2 amide bonds. The number of fused-ring (bicyclic) bond motifs is 1. The highest BCUT2D eigenvalue weighted by atomic mass is 19.1. The van der Waals surface area contributed by atoms with Crippen LogP contribution in [0.25, 0.3) is 5.52 Å². The van der Waals surface area contributed by atoms with Gasteiger partial charge in [0.2, 0.25) is 5.82 Å². The molecule has 6 nitrogen and oxygen atoms in total. The molecule has 0 bridgehead atoms. The van der Waals surface area contributed by atoms with Crippen LogP contribution in [-0.4, -0.2) is 39.7 Å². The van der Waals surface area contributed by atoms with Gasteiger partial charge in [0.1, 0.15) is 17.3 Å². The summed E-state index contributed by atoms with van der Waals surface area (Å²) < 4.78 is 29.2. The van der Waals surface area contributed by atoms with Gasteiger partial charge in [0.05, 0.1) is 5.52 Å². The van der Waals surface area contributed by atoms with Crippen LogP contribution in [-0.2, 0) is 0 Å². The summed E-state index contributed by atoms with van der Waals surface area (Å²) in [7, 11) is 1.66. The van der Waals surface area contributed by atoms with Crippen LogP contribution < -0.4 is 5.32 Å². The summed E-state index contributed by atoms with van der Waals surface area (Å²) in [5.74, 6) is -2.87. The van der Waals surface area contributed by atoms with Crippen LogP contribution >= 0.6 is 0 Å². The lowest BCUT2D eigenvalue weighted by atomic mass is 10.2. The lowest BCUT2D eigenvalue weighted by Crippen LogP contribution is -2.29. The van der Waals surface area contributed by atoms with Gasteiger partial charge in [-0.3, -0.25) is 14.0 Å². The summed E-state index contributed by atoms with van der Waals surface area (Å²) in [6, 6.07) is 8.29. The van der Waals surface area contributed by atoms with Crippen molar-refractivity contribution in [2.24, 2.45) is 0 Å². The molecule has 1 aromatic carbocycles. The highest BCUT2D eigenvalue weighted by Crippen LogP contribution is 2.21. The van der Waals surface area contributed by atoms with E-state index in [1.807, 2.05) is 6.92 Å². The highest BCUT2D eigenvalue weighted by Gasteiger charge is 2.24. The number of aromatic nitrogens is 2. The third kappa shape index (κ3) is 3.71. The summed E-state index contributed by atoms with van der Waals surface area (Å²) in [5, 5.41) is 2.21. The fourth-order valence-corrected chi connectivity index (χ4v) is 2.81. The zero-order valence-electron chi connectivity index (χ0n) is 15.6. The maximum Gasteiger partial charge on any atom is 0.289 e. The van der Waals surface area contributed by atoms with Crippen molar-refractivity contribution in [2.45, 2.75) is 19.8 Å². The van der Waals surface area contributed by atoms with Gasteiger partial charge in [-0.05, 0) is 30.7 Å². The van der Waals surface area contributed by atoms with Gasteiger partial charge < -0.3 is 10.2 Å². The number of imidazole rings is 1. The van der Waals surface area contributed by atoms with Crippen LogP contribution in [0, 0.1) is 11.6 Å². The van der Waals surface area contributed by atoms with E-state index < -0.39 is 23.2 Å². The van der Waals surface area contributed by atoms with E-state index in [4.69, 9.17) is 0 Å². The molecule has 146 valence electrons. The number of pyridine rings is 1. The Balaban J connectivity index is 1.98. The molecular formula is C20H20F2N4O2. The SMILES string of the molecule is CCCCN(C)C(=O)c1nc(C(=O)Nc2c(F)cccc2F)c2ccccn12. The number of para-hydroxylation sites is 1. The van der Waals surface area contributed by atoms with Gasteiger partial charge in [0, 0.05) is 19.8 Å². The largest absolute Gasteiger partial charge is 0.339 e. The second-order valence-corrected chi connectivity index (χ2v) is 6.37. The molecule has 0 aliphatic carbocycles. The first-order valence-electron chi connectivity index (χ1n) is 8.92. The number of amides is 2. The molecule has 0 saturated heterocycles. The zero-order chi connectivity index (χ0) is 20.3. The number of rotatable bonds is 6. The predicted molar refractivity (Wildman–Crippen MR) is 101 cm³/mol. The van der Waals surface area contributed by atoms with Crippen molar-refractivity contribution in [3.05, 3.63) is 65.7 Å². The molecule has 2 aromatic heterocycles. The summed E-state index contributed by atoms with van der Waals surface area (Å²) >= 11 is 0. The minimum Gasteiger partial charge on any atom is -0.339 e. The van der Waals surface area contributed by atoms with E-state index in [9.17, 15) is 18.4 Å². The van der Waals surface area contributed by atoms with E-state index in [1.54, 1.807) is 31.4 Å². The van der Waals surface area contributed by atoms with E-state index >= 15 is 0 Å². The standard InChI is InChI=1S/C20H20F2N4O2/c1-3-4-11-25(2)20(28)18-23-17(15-10-5-6-12-26(15)18)19(27)24-16-13(21)8-7-9-14(16)22/h5-10,12H,3-4,11H2,1-2H3,(H,24,27). The number of unbranched alkanes of at least 4 members (excludes halogenated alkanes) is 1. The monoisotopic (exact) mass is 386 g/mol. The van der Waals surface area contributed by atoms with E-state index in [2.05, 4.69) is 10.3 Å². The molecule has 0 fully saturated rings. The molecule has 2 heterocycles. The Morgan fingerprint density at radius 2 is 1.86 bits per heavy atom. The van der Waals surface area contributed by atoms with E-state index in [0.717, 1.165) is 25.0 Å². The molecule has 0 unspecified atom stereocenters. The molecule has 28 heavy (non-hydrogen) atoms. The first-order valence-corrected chi connectivity index (χ1v) is 8.92. The van der Waals surface area contributed by atoms with Crippen LogP contribution in [0.15, 0.2) is 42.6 Å². The summed E-state index contributed by atoms with van der Waals surface area (Å²) in [6.45, 7) is 2.58. The molecule has 0 aliphatic heterocycles. The van der Waals surface area contributed by atoms with Crippen molar-refractivity contribution in [3.8, 4) is 0 Å². The lowest BCUT2D eigenvalue weighted by molar-refractivity contribution is 0.0780. The minimum absolute atomic E-state index is 0.0633. The molecule has 1 N–H and O–H groups in total. The highest BCUT2D eigenvalue weighted by molar-refractivity contribution is 6.09. The Bertz CT molecular complexity index is 1010. The number of nitrogens with one attached hydrogen (secondary N) is 1. The summed E-state index contributed by atoms with van der Waals surface area (Å²) in [6.07, 6.45) is 3.39. The average Bonchev–Trinajstić information content (AvgIpc) is 3.08.